The highest BCUT2D eigenvalue weighted by Gasteiger charge is 2.29. The first-order valence-electron chi connectivity index (χ1n) is 8.12. The SMILES string of the molecule is CC(C)c1nc2cc(CC(C)(C)c3nc4cncnc4o3)nnc2o1. The number of oxazole rings is 2. The van der Waals surface area contributed by atoms with Gasteiger partial charge in [-0.05, 0) is 6.07 Å². The molecule has 4 aromatic heterocycles. The number of nitrogens with zero attached hydrogens (tertiary/aromatic N) is 6. The average Bonchev–Trinajstić information content (AvgIpc) is 3.18. The first-order valence-corrected chi connectivity index (χ1v) is 8.12. The van der Waals surface area contributed by atoms with Crippen LogP contribution in [0.5, 0.6) is 0 Å². The Morgan fingerprint density at radius 2 is 1.88 bits per heavy atom. The van der Waals surface area contributed by atoms with Crippen LogP contribution >= 0.6 is 0 Å². The molecular formula is C17H18N6O2. The Kier molecular flexibility index (Phi) is 3.48. The number of aromatic nitrogens is 6. The summed E-state index contributed by atoms with van der Waals surface area (Å²) in [4.78, 5) is 17.0. The summed E-state index contributed by atoms with van der Waals surface area (Å²) in [6.07, 6.45) is 3.68. The van der Waals surface area contributed by atoms with Gasteiger partial charge in [-0.25, -0.2) is 15.0 Å². The Balaban J connectivity index is 1.66. The molecule has 0 aliphatic heterocycles. The highest BCUT2D eigenvalue weighted by atomic mass is 16.4. The number of rotatable bonds is 4. The van der Waals surface area contributed by atoms with E-state index in [1.807, 2.05) is 33.8 Å². The monoisotopic (exact) mass is 338 g/mol. The van der Waals surface area contributed by atoms with Crippen LogP contribution in [0.2, 0.25) is 0 Å². The standard InChI is InChI=1S/C17H18N6O2/c1-9(2)13-20-11-5-10(22-23-15(11)24-13)6-17(3,4)16-21-12-7-18-8-19-14(12)25-16/h5,7-9H,6H2,1-4H3. The summed E-state index contributed by atoms with van der Waals surface area (Å²) in [5, 5.41) is 8.42. The minimum Gasteiger partial charge on any atom is -0.422 e. The lowest BCUT2D eigenvalue weighted by Gasteiger charge is -2.19. The van der Waals surface area contributed by atoms with Gasteiger partial charge in [0, 0.05) is 17.8 Å². The second-order valence-corrected chi connectivity index (χ2v) is 7.03. The zero-order valence-corrected chi connectivity index (χ0v) is 14.5. The maximum atomic E-state index is 5.78. The van der Waals surface area contributed by atoms with E-state index in [4.69, 9.17) is 8.83 Å². The maximum Gasteiger partial charge on any atom is 0.266 e. The molecular weight excluding hydrogens is 320 g/mol. The van der Waals surface area contributed by atoms with Crippen molar-refractivity contribution >= 4 is 22.5 Å². The third-order valence-electron chi connectivity index (χ3n) is 3.99. The zero-order chi connectivity index (χ0) is 17.6. The van der Waals surface area contributed by atoms with Crippen molar-refractivity contribution in [3.63, 3.8) is 0 Å². The van der Waals surface area contributed by atoms with E-state index >= 15 is 0 Å². The van der Waals surface area contributed by atoms with Crippen molar-refractivity contribution < 1.29 is 8.83 Å². The number of hydrogen-bond acceptors (Lipinski definition) is 8. The zero-order valence-electron chi connectivity index (χ0n) is 14.5. The number of hydrogen-bond donors (Lipinski definition) is 0. The molecule has 8 heteroatoms. The molecule has 0 aromatic carbocycles. The molecule has 128 valence electrons. The minimum atomic E-state index is -0.381. The summed E-state index contributed by atoms with van der Waals surface area (Å²) in [6, 6.07) is 1.90. The molecule has 0 amide bonds. The van der Waals surface area contributed by atoms with Crippen molar-refractivity contribution in [2.75, 3.05) is 0 Å². The molecule has 4 aromatic rings. The second kappa shape index (κ2) is 5.58. The van der Waals surface area contributed by atoms with Crippen molar-refractivity contribution in [1.82, 2.24) is 30.1 Å². The fraction of sp³-hybridized carbons (Fsp3) is 0.412. The molecule has 0 unspecified atom stereocenters. The highest BCUT2D eigenvalue weighted by Crippen LogP contribution is 2.29. The Morgan fingerprint density at radius 1 is 1.04 bits per heavy atom. The van der Waals surface area contributed by atoms with Gasteiger partial charge >= 0.3 is 0 Å². The van der Waals surface area contributed by atoms with Crippen molar-refractivity contribution in [3.05, 3.63) is 36.1 Å². The number of fused-ring (bicyclic) bond motifs is 2. The Hall–Kier alpha value is -2.90. The first-order chi connectivity index (χ1) is 11.9. The van der Waals surface area contributed by atoms with E-state index in [1.54, 1.807) is 6.20 Å². The van der Waals surface area contributed by atoms with Crippen LogP contribution in [0.4, 0.5) is 0 Å². The molecule has 0 atom stereocenters. The highest BCUT2D eigenvalue weighted by molar-refractivity contribution is 5.68. The van der Waals surface area contributed by atoms with E-state index in [0.29, 0.717) is 40.7 Å². The molecule has 0 fully saturated rings. The Labute approximate surface area is 143 Å². The summed E-state index contributed by atoms with van der Waals surface area (Å²) >= 11 is 0. The van der Waals surface area contributed by atoms with Gasteiger partial charge in [0.2, 0.25) is 11.6 Å². The summed E-state index contributed by atoms with van der Waals surface area (Å²) < 4.78 is 11.4. The smallest absolute Gasteiger partial charge is 0.266 e. The predicted octanol–water partition coefficient (Wildman–Crippen LogP) is 3.19. The predicted molar refractivity (Wildman–Crippen MR) is 90.0 cm³/mol. The lowest BCUT2D eigenvalue weighted by molar-refractivity contribution is 0.375. The fourth-order valence-electron chi connectivity index (χ4n) is 2.64. The van der Waals surface area contributed by atoms with Crippen molar-refractivity contribution in [2.45, 2.75) is 45.4 Å². The topological polar surface area (TPSA) is 104 Å². The van der Waals surface area contributed by atoms with Crippen LogP contribution in [0.1, 0.15) is 51.1 Å². The second-order valence-electron chi connectivity index (χ2n) is 7.03. The van der Waals surface area contributed by atoms with E-state index in [0.717, 1.165) is 5.69 Å². The van der Waals surface area contributed by atoms with E-state index in [9.17, 15) is 0 Å². The lowest BCUT2D eigenvalue weighted by Crippen LogP contribution is -2.21. The van der Waals surface area contributed by atoms with Crippen LogP contribution in [0.3, 0.4) is 0 Å². The molecule has 0 radical (unpaired) electrons. The van der Waals surface area contributed by atoms with Crippen LogP contribution in [-0.2, 0) is 11.8 Å². The van der Waals surface area contributed by atoms with Gasteiger partial charge in [-0.1, -0.05) is 27.7 Å². The van der Waals surface area contributed by atoms with Crippen LogP contribution in [0, 0.1) is 0 Å². The molecule has 0 bridgehead atoms. The van der Waals surface area contributed by atoms with Gasteiger partial charge in [-0.3, -0.25) is 0 Å². The molecule has 0 saturated heterocycles. The average molecular weight is 338 g/mol. The van der Waals surface area contributed by atoms with E-state index in [2.05, 4.69) is 30.1 Å². The maximum absolute atomic E-state index is 5.78. The third-order valence-corrected chi connectivity index (χ3v) is 3.99. The molecule has 25 heavy (non-hydrogen) atoms. The van der Waals surface area contributed by atoms with Crippen LogP contribution in [0.25, 0.3) is 22.5 Å². The normalized spacial score (nSPS) is 12.5. The minimum absolute atomic E-state index is 0.204. The van der Waals surface area contributed by atoms with E-state index in [-0.39, 0.29) is 11.3 Å². The van der Waals surface area contributed by atoms with Crippen LogP contribution in [0.15, 0.2) is 27.4 Å². The summed E-state index contributed by atoms with van der Waals surface area (Å²) in [5.41, 5.74) is 2.72. The Morgan fingerprint density at radius 3 is 2.64 bits per heavy atom. The molecule has 0 N–H and O–H groups in total. The summed E-state index contributed by atoms with van der Waals surface area (Å²) in [7, 11) is 0. The van der Waals surface area contributed by atoms with Crippen LogP contribution in [-0.4, -0.2) is 30.1 Å². The molecule has 8 nitrogen and oxygen atoms in total. The van der Waals surface area contributed by atoms with Gasteiger partial charge in [-0.2, -0.15) is 10.1 Å². The Bertz CT molecular complexity index is 1020. The van der Waals surface area contributed by atoms with Crippen molar-refractivity contribution in [1.29, 1.82) is 0 Å². The van der Waals surface area contributed by atoms with Gasteiger partial charge in [0.1, 0.15) is 17.4 Å². The molecule has 0 saturated carbocycles. The summed E-state index contributed by atoms with van der Waals surface area (Å²) in [6.45, 7) is 8.13. The molecule has 4 rings (SSSR count). The molecule has 0 aliphatic rings. The fourth-order valence-corrected chi connectivity index (χ4v) is 2.64. The molecule has 0 spiro atoms. The molecule has 0 aliphatic carbocycles. The van der Waals surface area contributed by atoms with Crippen LogP contribution < -0.4 is 0 Å². The van der Waals surface area contributed by atoms with Gasteiger partial charge < -0.3 is 8.83 Å². The van der Waals surface area contributed by atoms with E-state index in [1.165, 1.54) is 6.33 Å². The van der Waals surface area contributed by atoms with Crippen molar-refractivity contribution in [2.24, 2.45) is 0 Å². The molecule has 4 heterocycles. The van der Waals surface area contributed by atoms with Gasteiger partial charge in [0.25, 0.3) is 5.71 Å². The largest absolute Gasteiger partial charge is 0.422 e. The first kappa shape index (κ1) is 15.6. The lowest BCUT2D eigenvalue weighted by atomic mass is 9.87. The quantitative estimate of drug-likeness (QED) is 0.559. The summed E-state index contributed by atoms with van der Waals surface area (Å²) in [5.74, 6) is 1.46. The van der Waals surface area contributed by atoms with Crippen molar-refractivity contribution in [3.8, 4) is 0 Å². The third kappa shape index (κ3) is 2.84. The van der Waals surface area contributed by atoms with Gasteiger partial charge in [-0.15, -0.1) is 5.10 Å². The van der Waals surface area contributed by atoms with Gasteiger partial charge in [0.05, 0.1) is 11.9 Å². The van der Waals surface area contributed by atoms with Gasteiger partial charge in [0.15, 0.2) is 5.89 Å². The van der Waals surface area contributed by atoms with E-state index < -0.39 is 0 Å².